The zero-order valence-corrected chi connectivity index (χ0v) is 13.2. The summed E-state index contributed by atoms with van der Waals surface area (Å²) in [6.45, 7) is 6.28. The number of hydrogen-bond acceptors (Lipinski definition) is 3. The van der Waals surface area contributed by atoms with Gasteiger partial charge in [-0.05, 0) is 5.56 Å². The molecule has 0 spiro atoms. The minimum Gasteiger partial charge on any atom is -0.221 e. The van der Waals surface area contributed by atoms with E-state index in [0.717, 1.165) is 27.2 Å². The lowest BCUT2D eigenvalue weighted by atomic mass is 9.95. The highest BCUT2D eigenvalue weighted by molar-refractivity contribution is 7.17. The molecule has 0 amide bonds. The first-order valence-corrected chi connectivity index (χ1v) is 7.73. The SMILES string of the molecule is CC(C)(C)c1nc(Cl)c2c(-c3ccccc3)csc2n1. The zero-order valence-electron chi connectivity index (χ0n) is 11.6. The van der Waals surface area contributed by atoms with E-state index < -0.39 is 0 Å². The van der Waals surface area contributed by atoms with E-state index >= 15 is 0 Å². The largest absolute Gasteiger partial charge is 0.221 e. The van der Waals surface area contributed by atoms with Gasteiger partial charge in [-0.15, -0.1) is 11.3 Å². The fourth-order valence-corrected chi connectivity index (χ4v) is 3.34. The van der Waals surface area contributed by atoms with Crippen molar-refractivity contribution in [3.8, 4) is 11.1 Å². The van der Waals surface area contributed by atoms with Gasteiger partial charge in [0.15, 0.2) is 0 Å². The van der Waals surface area contributed by atoms with Gasteiger partial charge < -0.3 is 0 Å². The van der Waals surface area contributed by atoms with E-state index in [-0.39, 0.29) is 5.41 Å². The van der Waals surface area contributed by atoms with Crippen LogP contribution in [0.3, 0.4) is 0 Å². The minimum absolute atomic E-state index is 0.102. The average molecular weight is 303 g/mol. The van der Waals surface area contributed by atoms with Crippen LogP contribution in [-0.4, -0.2) is 9.97 Å². The molecule has 0 aliphatic carbocycles. The van der Waals surface area contributed by atoms with E-state index in [1.807, 2.05) is 18.2 Å². The summed E-state index contributed by atoms with van der Waals surface area (Å²) in [5.74, 6) is 0.788. The predicted molar refractivity (Wildman–Crippen MR) is 86.6 cm³/mol. The molecule has 0 N–H and O–H groups in total. The molecule has 0 fully saturated rings. The van der Waals surface area contributed by atoms with Gasteiger partial charge >= 0.3 is 0 Å². The monoisotopic (exact) mass is 302 g/mol. The summed E-state index contributed by atoms with van der Waals surface area (Å²) < 4.78 is 0. The Morgan fingerprint density at radius 3 is 2.40 bits per heavy atom. The molecule has 0 radical (unpaired) electrons. The molecule has 102 valence electrons. The quantitative estimate of drug-likeness (QED) is 0.569. The summed E-state index contributed by atoms with van der Waals surface area (Å²) in [6.07, 6.45) is 0. The van der Waals surface area contributed by atoms with Crippen molar-refractivity contribution in [2.24, 2.45) is 0 Å². The molecule has 3 aromatic rings. The third-order valence-corrected chi connectivity index (χ3v) is 4.29. The van der Waals surface area contributed by atoms with Crippen molar-refractivity contribution in [3.05, 3.63) is 46.7 Å². The number of hydrogen-bond donors (Lipinski definition) is 0. The molecular formula is C16H15ClN2S. The van der Waals surface area contributed by atoms with Crippen molar-refractivity contribution in [3.63, 3.8) is 0 Å². The first-order valence-electron chi connectivity index (χ1n) is 6.47. The van der Waals surface area contributed by atoms with Crippen molar-refractivity contribution in [2.45, 2.75) is 26.2 Å². The van der Waals surface area contributed by atoms with Crippen LogP contribution < -0.4 is 0 Å². The maximum atomic E-state index is 6.42. The lowest BCUT2D eigenvalue weighted by molar-refractivity contribution is 0.549. The number of halogens is 1. The molecule has 1 aromatic carbocycles. The third-order valence-electron chi connectivity index (χ3n) is 3.15. The van der Waals surface area contributed by atoms with Crippen LogP contribution in [0.4, 0.5) is 0 Å². The van der Waals surface area contributed by atoms with Gasteiger partial charge in [0.2, 0.25) is 0 Å². The molecule has 0 atom stereocenters. The van der Waals surface area contributed by atoms with Gasteiger partial charge in [0.1, 0.15) is 15.8 Å². The molecule has 0 unspecified atom stereocenters. The second kappa shape index (κ2) is 4.83. The van der Waals surface area contributed by atoms with Gasteiger partial charge in [-0.1, -0.05) is 62.7 Å². The third kappa shape index (κ3) is 2.32. The molecular weight excluding hydrogens is 288 g/mol. The van der Waals surface area contributed by atoms with Gasteiger partial charge in [-0.2, -0.15) is 0 Å². The number of aromatic nitrogens is 2. The summed E-state index contributed by atoms with van der Waals surface area (Å²) in [5.41, 5.74) is 2.15. The van der Waals surface area contributed by atoms with Gasteiger partial charge in [0, 0.05) is 16.4 Å². The van der Waals surface area contributed by atoms with E-state index in [4.69, 9.17) is 11.6 Å². The highest BCUT2D eigenvalue weighted by atomic mass is 35.5. The molecule has 2 nitrogen and oxygen atoms in total. The van der Waals surface area contributed by atoms with Crippen LogP contribution in [0, 0.1) is 0 Å². The molecule has 3 rings (SSSR count). The van der Waals surface area contributed by atoms with Gasteiger partial charge in [-0.3, -0.25) is 0 Å². The maximum absolute atomic E-state index is 6.42. The normalized spacial score (nSPS) is 12.0. The van der Waals surface area contributed by atoms with E-state index in [0.29, 0.717) is 5.15 Å². The predicted octanol–water partition coefficient (Wildman–Crippen LogP) is 5.31. The lowest BCUT2D eigenvalue weighted by Crippen LogP contribution is -2.15. The summed E-state index contributed by atoms with van der Waals surface area (Å²) in [4.78, 5) is 10.1. The Labute approximate surface area is 127 Å². The molecule has 0 saturated carbocycles. The first kappa shape index (κ1) is 13.5. The van der Waals surface area contributed by atoms with Crippen LogP contribution in [0.15, 0.2) is 35.7 Å². The van der Waals surface area contributed by atoms with Crippen molar-refractivity contribution in [1.29, 1.82) is 0 Å². The number of fused-ring (bicyclic) bond motifs is 1. The minimum atomic E-state index is -0.102. The highest BCUT2D eigenvalue weighted by Gasteiger charge is 2.21. The average Bonchev–Trinajstić information content (AvgIpc) is 2.83. The zero-order chi connectivity index (χ0) is 14.3. The van der Waals surface area contributed by atoms with Crippen molar-refractivity contribution < 1.29 is 0 Å². The number of nitrogens with zero attached hydrogens (tertiary/aromatic N) is 2. The van der Waals surface area contributed by atoms with Gasteiger partial charge in [-0.25, -0.2) is 9.97 Å². The topological polar surface area (TPSA) is 25.8 Å². The molecule has 2 heterocycles. The van der Waals surface area contributed by atoms with E-state index in [1.54, 1.807) is 11.3 Å². The molecule has 0 saturated heterocycles. The maximum Gasteiger partial charge on any atom is 0.142 e. The Hall–Kier alpha value is -1.45. The molecule has 4 heteroatoms. The van der Waals surface area contributed by atoms with Gasteiger partial charge in [0.25, 0.3) is 0 Å². The fraction of sp³-hybridized carbons (Fsp3) is 0.250. The smallest absolute Gasteiger partial charge is 0.142 e. The Bertz CT molecular complexity index is 757. The number of thiophene rings is 1. The summed E-state index contributed by atoms with van der Waals surface area (Å²) in [6, 6.07) is 10.2. The summed E-state index contributed by atoms with van der Waals surface area (Å²) >= 11 is 8.04. The Morgan fingerprint density at radius 1 is 1.05 bits per heavy atom. The second-order valence-corrected chi connectivity index (χ2v) is 7.00. The summed E-state index contributed by atoms with van der Waals surface area (Å²) in [5, 5.41) is 3.60. The number of rotatable bonds is 1. The van der Waals surface area contributed by atoms with E-state index in [9.17, 15) is 0 Å². The highest BCUT2D eigenvalue weighted by Crippen LogP contribution is 2.37. The van der Waals surface area contributed by atoms with E-state index in [1.165, 1.54) is 0 Å². The van der Waals surface area contributed by atoms with Crippen LogP contribution in [0.25, 0.3) is 21.3 Å². The Morgan fingerprint density at radius 2 is 1.75 bits per heavy atom. The van der Waals surface area contributed by atoms with Gasteiger partial charge in [0.05, 0.1) is 5.39 Å². The molecule has 0 aliphatic rings. The van der Waals surface area contributed by atoms with Crippen LogP contribution in [0.1, 0.15) is 26.6 Å². The van der Waals surface area contributed by atoms with E-state index in [2.05, 4.69) is 48.3 Å². The molecule has 2 aromatic heterocycles. The first-order chi connectivity index (χ1) is 9.47. The standard InChI is InChI=1S/C16H15ClN2S/c1-16(2,3)15-18-13(17)12-11(9-20-14(12)19-15)10-7-5-4-6-8-10/h4-9H,1-3H3. The van der Waals surface area contributed by atoms with Crippen LogP contribution in [-0.2, 0) is 5.41 Å². The fourth-order valence-electron chi connectivity index (χ4n) is 2.06. The Balaban J connectivity index is 2.24. The summed E-state index contributed by atoms with van der Waals surface area (Å²) in [7, 11) is 0. The van der Waals surface area contributed by atoms with Crippen LogP contribution in [0.2, 0.25) is 5.15 Å². The van der Waals surface area contributed by atoms with Crippen LogP contribution in [0.5, 0.6) is 0 Å². The van der Waals surface area contributed by atoms with Crippen molar-refractivity contribution >= 4 is 33.2 Å². The molecule has 0 aliphatic heterocycles. The number of benzene rings is 1. The molecule has 0 bridgehead atoms. The lowest BCUT2D eigenvalue weighted by Gasteiger charge is -2.16. The van der Waals surface area contributed by atoms with Crippen LogP contribution >= 0.6 is 22.9 Å². The molecule has 20 heavy (non-hydrogen) atoms. The van der Waals surface area contributed by atoms with Crippen molar-refractivity contribution in [2.75, 3.05) is 0 Å². The second-order valence-electron chi connectivity index (χ2n) is 5.78. The Kier molecular flexibility index (Phi) is 3.27. The van der Waals surface area contributed by atoms with Crippen molar-refractivity contribution in [1.82, 2.24) is 9.97 Å².